The van der Waals surface area contributed by atoms with Gasteiger partial charge in [-0.05, 0) is 12.5 Å². The molecule has 146 valence electrons. The zero-order valence-corrected chi connectivity index (χ0v) is 15.6. The highest BCUT2D eigenvalue weighted by atomic mass is 35.5. The van der Waals surface area contributed by atoms with E-state index in [1.807, 2.05) is 0 Å². The number of nitro benzene ring substituents is 1. The summed E-state index contributed by atoms with van der Waals surface area (Å²) >= 11 is 5.94. The summed E-state index contributed by atoms with van der Waals surface area (Å²) in [5, 5.41) is 16.8. The number of rotatable bonds is 5. The number of carbonyl (C=O) groups is 2. The molecule has 2 fully saturated rings. The molecule has 2 saturated heterocycles. The third-order valence-electron chi connectivity index (χ3n) is 5.00. The third-order valence-corrected chi connectivity index (χ3v) is 5.31. The average molecular weight is 396 g/mol. The summed E-state index contributed by atoms with van der Waals surface area (Å²) in [6.07, 6.45) is 0.912. The zero-order chi connectivity index (χ0) is 19.4. The number of nitrogens with zero attached hydrogens (tertiary/aromatic N) is 3. The molecule has 9 nitrogen and oxygen atoms in total. The molecule has 1 atom stereocenters. The van der Waals surface area contributed by atoms with Crippen LogP contribution in [0.1, 0.15) is 16.8 Å². The fourth-order valence-corrected chi connectivity index (χ4v) is 3.81. The fourth-order valence-electron chi connectivity index (χ4n) is 3.56. The van der Waals surface area contributed by atoms with Crippen LogP contribution in [0.25, 0.3) is 0 Å². The summed E-state index contributed by atoms with van der Waals surface area (Å²) in [4.78, 5) is 39.3. The normalized spacial score (nSPS) is 20.5. The standard InChI is InChI=1S/C17H22ClN5O4/c18-13-2-1-3-14(23(26)27)16(13)17(25)20-10-15(24)22-7-4-12(11-22)21-8-5-19-6-9-21/h1-3,12,19H,4-11H2,(H,20,25). The van der Waals surface area contributed by atoms with Crippen molar-refractivity contribution in [2.45, 2.75) is 12.5 Å². The number of nitro groups is 1. The Balaban J connectivity index is 1.55. The summed E-state index contributed by atoms with van der Waals surface area (Å²) in [6, 6.07) is 4.37. The van der Waals surface area contributed by atoms with E-state index < -0.39 is 10.8 Å². The number of halogens is 1. The van der Waals surface area contributed by atoms with Gasteiger partial charge in [-0.1, -0.05) is 17.7 Å². The van der Waals surface area contributed by atoms with Gasteiger partial charge in [-0.15, -0.1) is 0 Å². The maximum Gasteiger partial charge on any atom is 0.283 e. The van der Waals surface area contributed by atoms with Crippen LogP contribution in [0.3, 0.4) is 0 Å². The molecule has 0 aliphatic carbocycles. The summed E-state index contributed by atoms with van der Waals surface area (Å²) in [5.41, 5.74) is -0.607. The van der Waals surface area contributed by atoms with Crippen molar-refractivity contribution >= 4 is 29.1 Å². The van der Waals surface area contributed by atoms with Crippen molar-refractivity contribution in [2.75, 3.05) is 45.8 Å². The molecule has 1 unspecified atom stereocenters. The number of carbonyl (C=O) groups excluding carboxylic acids is 2. The molecule has 0 radical (unpaired) electrons. The van der Waals surface area contributed by atoms with E-state index in [1.165, 1.54) is 18.2 Å². The minimum Gasteiger partial charge on any atom is -0.343 e. The molecule has 0 saturated carbocycles. The second-order valence-corrected chi connectivity index (χ2v) is 7.05. The Bertz CT molecular complexity index is 738. The largest absolute Gasteiger partial charge is 0.343 e. The summed E-state index contributed by atoms with van der Waals surface area (Å²) in [6.45, 7) is 4.93. The van der Waals surface area contributed by atoms with Gasteiger partial charge in [-0.2, -0.15) is 0 Å². The smallest absolute Gasteiger partial charge is 0.283 e. The first kappa shape index (κ1) is 19.5. The number of nitrogens with one attached hydrogen (secondary N) is 2. The highest BCUT2D eigenvalue weighted by Crippen LogP contribution is 2.26. The molecular formula is C17H22ClN5O4. The Morgan fingerprint density at radius 1 is 1.30 bits per heavy atom. The van der Waals surface area contributed by atoms with E-state index in [4.69, 9.17) is 11.6 Å². The van der Waals surface area contributed by atoms with E-state index in [-0.39, 0.29) is 28.7 Å². The van der Waals surface area contributed by atoms with Crippen molar-refractivity contribution < 1.29 is 14.5 Å². The predicted molar refractivity (Wildman–Crippen MR) is 99.9 cm³/mol. The fraction of sp³-hybridized carbons (Fsp3) is 0.529. The molecule has 2 amide bonds. The van der Waals surface area contributed by atoms with Crippen LogP contribution in [-0.2, 0) is 4.79 Å². The van der Waals surface area contributed by atoms with Gasteiger partial charge in [0.1, 0.15) is 5.56 Å². The maximum absolute atomic E-state index is 12.4. The third kappa shape index (κ3) is 4.55. The van der Waals surface area contributed by atoms with E-state index in [0.717, 1.165) is 32.6 Å². The highest BCUT2D eigenvalue weighted by molar-refractivity contribution is 6.34. The average Bonchev–Trinajstić information content (AvgIpc) is 3.16. The first-order valence-corrected chi connectivity index (χ1v) is 9.29. The Kier molecular flexibility index (Phi) is 6.25. The topological polar surface area (TPSA) is 108 Å². The molecule has 0 aromatic heterocycles. The molecule has 3 rings (SSSR count). The number of hydrogen-bond donors (Lipinski definition) is 2. The van der Waals surface area contributed by atoms with E-state index in [2.05, 4.69) is 15.5 Å². The lowest BCUT2D eigenvalue weighted by Gasteiger charge is -2.32. The predicted octanol–water partition coefficient (Wildman–Crippen LogP) is 0.484. The van der Waals surface area contributed by atoms with Crippen LogP contribution >= 0.6 is 11.6 Å². The van der Waals surface area contributed by atoms with Crippen LogP contribution < -0.4 is 10.6 Å². The lowest BCUT2D eigenvalue weighted by molar-refractivity contribution is -0.385. The SMILES string of the molecule is O=C(NCC(=O)N1CCC(N2CCNCC2)C1)c1c(Cl)cccc1[N+](=O)[O-]. The van der Waals surface area contributed by atoms with Crippen molar-refractivity contribution in [1.82, 2.24) is 20.4 Å². The van der Waals surface area contributed by atoms with Gasteiger partial charge in [-0.3, -0.25) is 24.6 Å². The van der Waals surface area contributed by atoms with Gasteiger partial charge in [0.05, 0.1) is 16.5 Å². The van der Waals surface area contributed by atoms with Crippen LogP contribution in [0.2, 0.25) is 5.02 Å². The molecular weight excluding hydrogens is 374 g/mol. The molecule has 27 heavy (non-hydrogen) atoms. The molecule has 1 aromatic rings. The van der Waals surface area contributed by atoms with Crippen LogP contribution in [0.5, 0.6) is 0 Å². The zero-order valence-electron chi connectivity index (χ0n) is 14.8. The van der Waals surface area contributed by atoms with Gasteiger partial charge in [0.15, 0.2) is 0 Å². The van der Waals surface area contributed by atoms with E-state index in [9.17, 15) is 19.7 Å². The Hall–Kier alpha value is -2.23. The second kappa shape index (κ2) is 8.64. The van der Waals surface area contributed by atoms with Crippen molar-refractivity contribution in [3.8, 4) is 0 Å². The van der Waals surface area contributed by atoms with Gasteiger partial charge in [0.2, 0.25) is 5.91 Å². The van der Waals surface area contributed by atoms with E-state index in [0.29, 0.717) is 19.1 Å². The molecule has 10 heteroatoms. The summed E-state index contributed by atoms with van der Waals surface area (Å²) < 4.78 is 0. The van der Waals surface area contributed by atoms with Gasteiger partial charge in [0, 0.05) is 51.4 Å². The molecule has 2 N–H and O–H groups in total. The minimum absolute atomic E-state index is 0.0194. The van der Waals surface area contributed by atoms with Crippen molar-refractivity contribution in [1.29, 1.82) is 0 Å². The van der Waals surface area contributed by atoms with Crippen molar-refractivity contribution in [3.63, 3.8) is 0 Å². The van der Waals surface area contributed by atoms with E-state index in [1.54, 1.807) is 4.90 Å². The lowest BCUT2D eigenvalue weighted by Crippen LogP contribution is -2.49. The van der Waals surface area contributed by atoms with Crippen molar-refractivity contribution in [2.24, 2.45) is 0 Å². The van der Waals surface area contributed by atoms with Gasteiger partial charge in [0.25, 0.3) is 11.6 Å². The first-order valence-electron chi connectivity index (χ1n) is 8.91. The Morgan fingerprint density at radius 3 is 2.74 bits per heavy atom. The second-order valence-electron chi connectivity index (χ2n) is 6.64. The quantitative estimate of drug-likeness (QED) is 0.554. The van der Waals surface area contributed by atoms with Crippen molar-refractivity contribution in [3.05, 3.63) is 38.9 Å². The number of amides is 2. The Morgan fingerprint density at radius 2 is 2.04 bits per heavy atom. The van der Waals surface area contributed by atoms with Crippen LogP contribution in [0.15, 0.2) is 18.2 Å². The highest BCUT2D eigenvalue weighted by Gasteiger charge is 2.31. The molecule has 1 aromatic carbocycles. The number of likely N-dealkylation sites (tertiary alicyclic amines) is 1. The lowest BCUT2D eigenvalue weighted by atomic mass is 10.1. The number of benzene rings is 1. The minimum atomic E-state index is -0.724. The molecule has 2 aliphatic rings. The monoisotopic (exact) mass is 395 g/mol. The maximum atomic E-state index is 12.4. The summed E-state index contributed by atoms with van der Waals surface area (Å²) in [5.74, 6) is -0.922. The molecule has 2 heterocycles. The van der Waals surface area contributed by atoms with Gasteiger partial charge < -0.3 is 15.5 Å². The Labute approximate surface area is 161 Å². The van der Waals surface area contributed by atoms with Gasteiger partial charge >= 0.3 is 0 Å². The van der Waals surface area contributed by atoms with E-state index >= 15 is 0 Å². The first-order chi connectivity index (χ1) is 13.0. The van der Waals surface area contributed by atoms with Crippen LogP contribution in [0.4, 0.5) is 5.69 Å². The number of hydrogen-bond acceptors (Lipinski definition) is 6. The van der Waals surface area contributed by atoms with Gasteiger partial charge in [-0.25, -0.2) is 0 Å². The molecule has 0 bridgehead atoms. The molecule has 2 aliphatic heterocycles. The number of piperazine rings is 1. The summed E-state index contributed by atoms with van der Waals surface area (Å²) in [7, 11) is 0. The van der Waals surface area contributed by atoms with Crippen LogP contribution in [0, 0.1) is 10.1 Å². The molecule has 0 spiro atoms. The van der Waals surface area contributed by atoms with Crippen LogP contribution in [-0.4, -0.2) is 78.4 Å².